The van der Waals surface area contributed by atoms with Crippen molar-refractivity contribution in [3.63, 3.8) is 0 Å². The van der Waals surface area contributed by atoms with Gasteiger partial charge in [-0.2, -0.15) is 0 Å². The van der Waals surface area contributed by atoms with E-state index in [1.165, 1.54) is 6.92 Å². The van der Waals surface area contributed by atoms with Crippen LogP contribution in [0.4, 0.5) is 5.69 Å². The molecule has 0 radical (unpaired) electrons. The highest BCUT2D eigenvalue weighted by atomic mass is 16.5. The number of aromatic nitrogens is 1. The molecule has 0 aliphatic heterocycles. The molecule has 10 heteroatoms. The summed E-state index contributed by atoms with van der Waals surface area (Å²) in [5, 5.41) is 9.12. The van der Waals surface area contributed by atoms with Gasteiger partial charge in [-0.1, -0.05) is 12.1 Å². The normalized spacial score (nSPS) is 13.6. The van der Waals surface area contributed by atoms with Crippen LogP contribution in [0, 0.1) is 0 Å². The van der Waals surface area contributed by atoms with Crippen LogP contribution in [-0.4, -0.2) is 51.2 Å². The second-order valence-corrected chi connectivity index (χ2v) is 10.0. The van der Waals surface area contributed by atoms with Gasteiger partial charge in [-0.05, 0) is 66.3 Å². The highest BCUT2D eigenvalue weighted by Crippen LogP contribution is 2.50. The van der Waals surface area contributed by atoms with Gasteiger partial charge in [-0.25, -0.2) is 0 Å². The summed E-state index contributed by atoms with van der Waals surface area (Å²) >= 11 is 0. The molecule has 2 amide bonds. The lowest BCUT2D eigenvalue weighted by atomic mass is 9.95. The number of carbonyl (C=O) groups excluding carboxylic acids is 2. The molecular weight excluding hydrogens is 536 g/mol. The van der Waals surface area contributed by atoms with Crippen molar-refractivity contribution in [3.05, 3.63) is 75.7 Å². The van der Waals surface area contributed by atoms with E-state index in [-0.39, 0.29) is 23.3 Å². The summed E-state index contributed by atoms with van der Waals surface area (Å²) in [6.07, 6.45) is 4.49. The monoisotopic (exact) mass is 574 g/mol. The number of hydrogen-bond donors (Lipinski definition) is 3. The topological polar surface area (TPSA) is 128 Å². The van der Waals surface area contributed by atoms with Crippen LogP contribution in [0.1, 0.15) is 49.0 Å². The first-order chi connectivity index (χ1) is 20.4. The molecule has 42 heavy (non-hydrogen) atoms. The van der Waals surface area contributed by atoms with E-state index in [9.17, 15) is 14.4 Å². The van der Waals surface area contributed by atoms with Gasteiger partial charge in [0, 0.05) is 50.3 Å². The maximum absolute atomic E-state index is 13.4. The Morgan fingerprint density at radius 3 is 2.50 bits per heavy atom. The van der Waals surface area contributed by atoms with Gasteiger partial charge in [0.2, 0.25) is 23.0 Å². The molecule has 3 N–H and O–H groups in total. The summed E-state index contributed by atoms with van der Waals surface area (Å²) in [5.41, 5.74) is 4.32. The molecule has 1 heterocycles. The van der Waals surface area contributed by atoms with Gasteiger partial charge >= 0.3 is 0 Å². The van der Waals surface area contributed by atoms with Crippen molar-refractivity contribution in [1.82, 2.24) is 15.6 Å². The third-order valence-corrected chi connectivity index (χ3v) is 7.24. The zero-order chi connectivity index (χ0) is 30.1. The van der Waals surface area contributed by atoms with Crippen LogP contribution in [-0.2, 0) is 22.4 Å². The predicted molar refractivity (Wildman–Crippen MR) is 161 cm³/mol. The van der Waals surface area contributed by atoms with Crippen LogP contribution in [0.25, 0.3) is 11.1 Å². The van der Waals surface area contributed by atoms with E-state index >= 15 is 0 Å². The summed E-state index contributed by atoms with van der Waals surface area (Å²) in [6.45, 7) is 2.43. The molecule has 1 aromatic heterocycles. The van der Waals surface area contributed by atoms with Crippen molar-refractivity contribution in [2.24, 2.45) is 0 Å². The number of hydrogen-bond acceptors (Lipinski definition) is 8. The van der Waals surface area contributed by atoms with Crippen LogP contribution in [0.3, 0.4) is 0 Å². The van der Waals surface area contributed by atoms with E-state index in [0.717, 1.165) is 22.4 Å². The Bertz CT molecular complexity index is 1480. The molecule has 3 aromatic rings. The number of nitrogens with zero attached hydrogens (tertiary/aromatic N) is 1. The first kappa shape index (κ1) is 30.4. The van der Waals surface area contributed by atoms with Crippen molar-refractivity contribution in [3.8, 4) is 28.4 Å². The molecule has 1 aliphatic carbocycles. The number of rotatable bonds is 12. The van der Waals surface area contributed by atoms with E-state index in [1.54, 1.807) is 39.7 Å². The molecule has 1 aliphatic rings. The highest BCUT2D eigenvalue weighted by Gasteiger charge is 2.29. The Morgan fingerprint density at radius 2 is 1.81 bits per heavy atom. The quantitative estimate of drug-likeness (QED) is 0.279. The molecule has 0 saturated carbocycles. The van der Waals surface area contributed by atoms with Crippen LogP contribution < -0.4 is 35.6 Å². The fourth-order valence-corrected chi connectivity index (χ4v) is 5.29. The average molecular weight is 575 g/mol. The number of aryl methyl sites for hydroxylation is 1. The molecule has 1 atom stereocenters. The lowest BCUT2D eigenvalue weighted by molar-refractivity contribution is -0.121. The van der Waals surface area contributed by atoms with Crippen LogP contribution in [0.15, 0.2) is 53.5 Å². The fourth-order valence-electron chi connectivity index (χ4n) is 5.29. The molecular formula is C32H38N4O6. The molecule has 10 nitrogen and oxygen atoms in total. The zero-order valence-electron chi connectivity index (χ0n) is 24.5. The summed E-state index contributed by atoms with van der Waals surface area (Å²) in [7, 11) is 4.69. The Kier molecular flexibility index (Phi) is 10.4. The molecule has 4 rings (SSSR count). The summed E-state index contributed by atoms with van der Waals surface area (Å²) in [4.78, 5) is 42.1. The van der Waals surface area contributed by atoms with Gasteiger partial charge in [0.15, 0.2) is 11.5 Å². The largest absolute Gasteiger partial charge is 0.493 e. The number of amides is 2. The minimum absolute atomic E-state index is 0.0494. The highest BCUT2D eigenvalue weighted by molar-refractivity contribution is 5.83. The van der Waals surface area contributed by atoms with Gasteiger partial charge in [0.25, 0.3) is 0 Å². The average Bonchev–Trinajstić information content (AvgIpc) is 3.23. The Labute approximate surface area is 245 Å². The van der Waals surface area contributed by atoms with Crippen molar-refractivity contribution in [2.45, 2.75) is 45.1 Å². The predicted octanol–water partition coefficient (Wildman–Crippen LogP) is 3.81. The summed E-state index contributed by atoms with van der Waals surface area (Å²) in [5.74, 6) is 1.26. The summed E-state index contributed by atoms with van der Waals surface area (Å²) < 4.78 is 17.0. The standard InChI is InChI=1S/C32H38N4O6/c1-20(37)36-25-12-10-21-18-28(40-2)31(41-3)32(42-4)30(21)23-11-13-26(27(38)19-24(23)25)34-16-7-9-29(39)35-17-14-22-8-5-6-15-33-22/h5-6,8,11,13,15,18-19,25H,7,9-10,12,14,16-17H2,1-4H3,(H,34,38)(H,35,39)(H,36,37). The lowest BCUT2D eigenvalue weighted by Gasteiger charge is -2.19. The molecule has 0 spiro atoms. The second kappa shape index (κ2) is 14.3. The lowest BCUT2D eigenvalue weighted by Crippen LogP contribution is -2.26. The number of anilines is 1. The minimum atomic E-state index is -0.380. The second-order valence-electron chi connectivity index (χ2n) is 10.0. The third kappa shape index (κ3) is 7.18. The molecule has 0 saturated heterocycles. The molecule has 222 valence electrons. The number of nitrogens with one attached hydrogen (secondary N) is 3. The van der Waals surface area contributed by atoms with Crippen LogP contribution in [0.2, 0.25) is 0 Å². The molecule has 0 bridgehead atoms. The molecule has 2 aromatic carbocycles. The van der Waals surface area contributed by atoms with E-state index in [0.29, 0.717) is 73.7 Å². The molecule has 0 fully saturated rings. The number of benzene rings is 1. The Morgan fingerprint density at radius 1 is 1.00 bits per heavy atom. The number of pyridine rings is 1. The maximum atomic E-state index is 13.4. The van der Waals surface area contributed by atoms with Gasteiger partial charge in [-0.15, -0.1) is 0 Å². The summed E-state index contributed by atoms with van der Waals surface area (Å²) in [6, 6.07) is 12.4. The van der Waals surface area contributed by atoms with Crippen molar-refractivity contribution in [2.75, 3.05) is 39.7 Å². The van der Waals surface area contributed by atoms with E-state index in [4.69, 9.17) is 14.2 Å². The first-order valence-corrected chi connectivity index (χ1v) is 14.0. The Balaban J connectivity index is 1.55. The maximum Gasteiger partial charge on any atom is 0.220 e. The van der Waals surface area contributed by atoms with Gasteiger partial charge in [0.1, 0.15) is 0 Å². The Hall–Kier alpha value is -4.60. The first-order valence-electron chi connectivity index (χ1n) is 14.0. The third-order valence-electron chi connectivity index (χ3n) is 7.24. The molecule has 1 unspecified atom stereocenters. The van der Waals surface area contributed by atoms with Gasteiger partial charge < -0.3 is 30.2 Å². The zero-order valence-corrected chi connectivity index (χ0v) is 24.5. The minimum Gasteiger partial charge on any atom is -0.493 e. The van der Waals surface area contributed by atoms with Crippen LogP contribution >= 0.6 is 0 Å². The number of fused-ring (bicyclic) bond motifs is 3. The number of ether oxygens (including phenoxy) is 3. The van der Waals surface area contributed by atoms with Gasteiger partial charge in [0.05, 0.1) is 33.1 Å². The van der Waals surface area contributed by atoms with Crippen LogP contribution in [0.5, 0.6) is 17.2 Å². The van der Waals surface area contributed by atoms with E-state index in [1.807, 2.05) is 30.3 Å². The van der Waals surface area contributed by atoms with Gasteiger partial charge in [-0.3, -0.25) is 19.4 Å². The number of carbonyl (C=O) groups is 2. The van der Waals surface area contributed by atoms with E-state index < -0.39 is 0 Å². The smallest absolute Gasteiger partial charge is 0.220 e. The van der Waals surface area contributed by atoms with Crippen molar-refractivity contribution < 1.29 is 23.8 Å². The van der Waals surface area contributed by atoms with Crippen molar-refractivity contribution in [1.29, 1.82) is 0 Å². The van der Waals surface area contributed by atoms with E-state index in [2.05, 4.69) is 20.9 Å². The number of methoxy groups -OCH3 is 3. The van der Waals surface area contributed by atoms with Crippen molar-refractivity contribution >= 4 is 17.5 Å². The fraction of sp³-hybridized carbons (Fsp3) is 0.375. The SMILES string of the molecule is COc1cc2c(c(OC)c1OC)-c1ccc(NCCCC(=O)NCCc3ccccn3)c(=O)cc1C(NC(C)=O)CC2.